The lowest BCUT2D eigenvalue weighted by Crippen LogP contribution is -2.41. The molecule has 3 heterocycles. The summed E-state index contributed by atoms with van der Waals surface area (Å²) in [4.78, 5) is 16.3. The van der Waals surface area contributed by atoms with Crippen LogP contribution in [0.4, 0.5) is 4.39 Å². The number of ether oxygens (including phenoxy) is 1. The van der Waals surface area contributed by atoms with Gasteiger partial charge in [0, 0.05) is 29.9 Å². The summed E-state index contributed by atoms with van der Waals surface area (Å²) in [5.74, 6) is -0.822. The Hall–Kier alpha value is -2.78. The van der Waals surface area contributed by atoms with Gasteiger partial charge in [-0.2, -0.15) is 0 Å². The molecule has 1 aliphatic rings. The number of sulfonamides is 1. The molecule has 1 atom stereocenters. The number of nitrogens with zero attached hydrogens (tertiary/aromatic N) is 2. The van der Waals surface area contributed by atoms with Gasteiger partial charge in [-0.25, -0.2) is 22.5 Å². The van der Waals surface area contributed by atoms with E-state index in [9.17, 15) is 17.6 Å². The number of hydrogen-bond donors (Lipinski definition) is 1. The Morgan fingerprint density at radius 2 is 2.07 bits per heavy atom. The number of fused-ring (bicyclic) bond motifs is 3. The number of rotatable bonds is 5. The third kappa shape index (κ3) is 3.75. The summed E-state index contributed by atoms with van der Waals surface area (Å²) in [6.07, 6.45) is 2.99. The van der Waals surface area contributed by atoms with E-state index in [4.69, 9.17) is 4.74 Å². The Labute approximate surface area is 167 Å². The Morgan fingerprint density at radius 1 is 1.31 bits per heavy atom. The van der Waals surface area contributed by atoms with Gasteiger partial charge in [0.15, 0.2) is 0 Å². The highest BCUT2D eigenvalue weighted by Crippen LogP contribution is 2.30. The van der Waals surface area contributed by atoms with Crippen LogP contribution < -0.4 is 4.72 Å². The van der Waals surface area contributed by atoms with E-state index in [1.807, 2.05) is 16.7 Å². The molecular formula is C20H20FN3O4S. The van der Waals surface area contributed by atoms with Crippen molar-refractivity contribution in [1.29, 1.82) is 0 Å². The SMILES string of the molecule is COC(=O)Cc1c2n(c3ncccc13)C[C@H](NS(=O)(=O)c1ccc(F)cc1)CC2. The molecule has 7 nitrogen and oxygen atoms in total. The molecular weight excluding hydrogens is 397 g/mol. The van der Waals surface area contributed by atoms with Crippen LogP contribution in [0.2, 0.25) is 0 Å². The van der Waals surface area contributed by atoms with E-state index in [1.165, 1.54) is 19.2 Å². The normalized spacial score (nSPS) is 16.6. The average Bonchev–Trinajstić information content (AvgIpc) is 3.01. The van der Waals surface area contributed by atoms with Gasteiger partial charge in [0.1, 0.15) is 11.5 Å². The van der Waals surface area contributed by atoms with E-state index in [0.29, 0.717) is 25.0 Å². The number of aromatic nitrogens is 2. The molecule has 2 aromatic heterocycles. The molecule has 0 saturated heterocycles. The number of benzene rings is 1. The first-order chi connectivity index (χ1) is 13.9. The third-order valence-corrected chi connectivity index (χ3v) is 6.71. The van der Waals surface area contributed by atoms with Crippen LogP contribution in [0.25, 0.3) is 11.0 Å². The van der Waals surface area contributed by atoms with Crippen molar-refractivity contribution in [3.05, 3.63) is 59.7 Å². The van der Waals surface area contributed by atoms with Crippen LogP contribution in [0.15, 0.2) is 47.5 Å². The molecule has 0 amide bonds. The first kappa shape index (κ1) is 19.5. The van der Waals surface area contributed by atoms with Gasteiger partial charge in [-0.1, -0.05) is 0 Å². The predicted octanol–water partition coefficient (Wildman–Crippen LogP) is 2.18. The molecule has 0 radical (unpaired) electrons. The smallest absolute Gasteiger partial charge is 0.310 e. The molecule has 1 aliphatic heterocycles. The standard InChI is InChI=1S/C20H20FN3O4S/c1-28-19(25)11-17-16-3-2-10-22-20(16)24-12-14(6-9-18(17)24)23-29(26,27)15-7-4-13(21)5-8-15/h2-5,7-8,10,14,23H,6,9,11-12H2,1H3/t14-/m1/s1. The Balaban J connectivity index is 1.64. The highest BCUT2D eigenvalue weighted by atomic mass is 32.2. The van der Waals surface area contributed by atoms with Crippen LogP contribution in [0.3, 0.4) is 0 Å². The quantitative estimate of drug-likeness (QED) is 0.643. The minimum absolute atomic E-state index is 0.0200. The minimum atomic E-state index is -3.77. The number of nitrogens with one attached hydrogen (secondary N) is 1. The van der Waals surface area contributed by atoms with Gasteiger partial charge in [0.2, 0.25) is 10.0 Å². The molecule has 0 bridgehead atoms. The molecule has 0 unspecified atom stereocenters. The molecule has 9 heteroatoms. The number of pyridine rings is 1. The first-order valence-electron chi connectivity index (χ1n) is 9.18. The molecule has 0 saturated carbocycles. The molecule has 1 aromatic carbocycles. The van der Waals surface area contributed by atoms with Crippen LogP contribution in [0, 0.1) is 5.82 Å². The number of methoxy groups -OCH3 is 1. The first-order valence-corrected chi connectivity index (χ1v) is 10.7. The van der Waals surface area contributed by atoms with Gasteiger partial charge in [-0.05, 0) is 54.8 Å². The average molecular weight is 417 g/mol. The van der Waals surface area contributed by atoms with Gasteiger partial charge in [-0.3, -0.25) is 4.79 Å². The number of halogens is 1. The van der Waals surface area contributed by atoms with Crippen molar-refractivity contribution in [3.63, 3.8) is 0 Å². The predicted molar refractivity (Wildman–Crippen MR) is 104 cm³/mol. The van der Waals surface area contributed by atoms with E-state index in [2.05, 4.69) is 9.71 Å². The van der Waals surface area contributed by atoms with Crippen molar-refractivity contribution in [3.8, 4) is 0 Å². The van der Waals surface area contributed by atoms with E-state index in [0.717, 1.165) is 28.8 Å². The molecule has 0 spiro atoms. The van der Waals surface area contributed by atoms with Crippen molar-refractivity contribution < 1.29 is 22.3 Å². The Kier molecular flexibility index (Phi) is 5.10. The molecule has 1 N–H and O–H groups in total. The van der Waals surface area contributed by atoms with Gasteiger partial charge >= 0.3 is 5.97 Å². The largest absolute Gasteiger partial charge is 0.469 e. The second kappa shape index (κ2) is 7.57. The van der Waals surface area contributed by atoms with E-state index >= 15 is 0 Å². The summed E-state index contributed by atoms with van der Waals surface area (Å²) < 4.78 is 47.9. The number of carbonyl (C=O) groups is 1. The van der Waals surface area contributed by atoms with E-state index in [-0.39, 0.29) is 23.3 Å². The van der Waals surface area contributed by atoms with Crippen molar-refractivity contribution in [2.24, 2.45) is 0 Å². The maximum absolute atomic E-state index is 13.1. The summed E-state index contributed by atoms with van der Waals surface area (Å²) in [5.41, 5.74) is 2.56. The van der Waals surface area contributed by atoms with Gasteiger partial charge in [0.25, 0.3) is 0 Å². The second-order valence-electron chi connectivity index (χ2n) is 6.97. The lowest BCUT2D eigenvalue weighted by molar-refractivity contribution is -0.139. The highest BCUT2D eigenvalue weighted by molar-refractivity contribution is 7.89. The molecule has 29 heavy (non-hydrogen) atoms. The Bertz CT molecular complexity index is 1170. The minimum Gasteiger partial charge on any atom is -0.469 e. The van der Waals surface area contributed by atoms with Crippen LogP contribution in [-0.2, 0) is 38.9 Å². The molecule has 4 rings (SSSR count). The fraction of sp³-hybridized carbons (Fsp3) is 0.300. The molecule has 0 aliphatic carbocycles. The zero-order valence-electron chi connectivity index (χ0n) is 15.8. The van der Waals surface area contributed by atoms with Gasteiger partial charge in [0.05, 0.1) is 18.4 Å². The van der Waals surface area contributed by atoms with Crippen molar-refractivity contribution in [2.75, 3.05) is 7.11 Å². The lowest BCUT2D eigenvalue weighted by Gasteiger charge is -2.26. The number of carbonyl (C=O) groups excluding carboxylic acids is 1. The van der Waals surface area contributed by atoms with Gasteiger partial charge < -0.3 is 9.30 Å². The van der Waals surface area contributed by atoms with Crippen molar-refractivity contribution >= 4 is 27.0 Å². The fourth-order valence-corrected chi connectivity index (χ4v) is 5.07. The van der Waals surface area contributed by atoms with Crippen LogP contribution in [0.5, 0.6) is 0 Å². The summed E-state index contributed by atoms with van der Waals surface area (Å²) in [6.45, 7) is 0.393. The third-order valence-electron chi connectivity index (χ3n) is 5.17. The van der Waals surface area contributed by atoms with Crippen molar-refractivity contribution in [2.45, 2.75) is 36.7 Å². The summed E-state index contributed by atoms with van der Waals surface area (Å²) >= 11 is 0. The molecule has 152 valence electrons. The monoisotopic (exact) mass is 417 g/mol. The zero-order chi connectivity index (χ0) is 20.6. The number of hydrogen-bond acceptors (Lipinski definition) is 5. The fourth-order valence-electron chi connectivity index (χ4n) is 3.81. The maximum Gasteiger partial charge on any atom is 0.310 e. The topological polar surface area (TPSA) is 90.3 Å². The van der Waals surface area contributed by atoms with Crippen LogP contribution >= 0.6 is 0 Å². The van der Waals surface area contributed by atoms with E-state index in [1.54, 1.807) is 6.20 Å². The zero-order valence-corrected chi connectivity index (χ0v) is 16.6. The van der Waals surface area contributed by atoms with Gasteiger partial charge in [-0.15, -0.1) is 0 Å². The highest BCUT2D eigenvalue weighted by Gasteiger charge is 2.29. The van der Waals surface area contributed by atoms with Crippen LogP contribution in [-0.4, -0.2) is 37.1 Å². The second-order valence-corrected chi connectivity index (χ2v) is 8.69. The van der Waals surface area contributed by atoms with Crippen molar-refractivity contribution in [1.82, 2.24) is 14.3 Å². The number of esters is 1. The Morgan fingerprint density at radius 3 is 2.79 bits per heavy atom. The summed E-state index contributed by atoms with van der Waals surface area (Å²) in [7, 11) is -2.42. The molecule has 3 aromatic rings. The molecule has 0 fully saturated rings. The summed E-state index contributed by atoms with van der Waals surface area (Å²) in [6, 6.07) is 8.10. The lowest BCUT2D eigenvalue weighted by atomic mass is 10.0. The summed E-state index contributed by atoms with van der Waals surface area (Å²) in [5, 5.41) is 0.870. The van der Waals surface area contributed by atoms with Crippen LogP contribution in [0.1, 0.15) is 17.7 Å². The van der Waals surface area contributed by atoms with E-state index < -0.39 is 15.8 Å². The maximum atomic E-state index is 13.1.